The van der Waals surface area contributed by atoms with Crippen LogP contribution >= 0.6 is 11.6 Å². The van der Waals surface area contributed by atoms with Gasteiger partial charge in [0.2, 0.25) is 5.91 Å². The molecule has 1 saturated heterocycles. The fraction of sp³-hybridized carbons (Fsp3) is 0.611. The number of nitrogens with zero attached hydrogens (tertiary/aromatic N) is 1. The molecule has 0 aromatic heterocycles. The normalized spacial score (nSPS) is 23.7. The van der Waals surface area contributed by atoms with E-state index in [1.807, 2.05) is 36.1 Å². The lowest BCUT2D eigenvalue weighted by Crippen LogP contribution is -2.45. The maximum absolute atomic E-state index is 12.5. The highest BCUT2D eigenvalue weighted by molar-refractivity contribution is 6.27. The molecule has 2 atom stereocenters. The maximum atomic E-state index is 12.5. The van der Waals surface area contributed by atoms with Crippen LogP contribution in [0.25, 0.3) is 0 Å². The summed E-state index contributed by atoms with van der Waals surface area (Å²) in [4.78, 5) is 14.4. The molecule has 1 saturated carbocycles. The van der Waals surface area contributed by atoms with Crippen molar-refractivity contribution in [2.75, 3.05) is 19.1 Å². The highest BCUT2D eigenvalue weighted by Crippen LogP contribution is 2.41. The van der Waals surface area contributed by atoms with Gasteiger partial charge in [-0.15, -0.1) is 11.6 Å². The minimum atomic E-state index is -0.0286. The first-order valence-corrected chi connectivity index (χ1v) is 8.95. The van der Waals surface area contributed by atoms with Crippen molar-refractivity contribution in [1.82, 2.24) is 4.90 Å². The predicted molar refractivity (Wildman–Crippen MR) is 89.8 cm³/mol. The zero-order valence-electron chi connectivity index (χ0n) is 13.5. The molecule has 0 radical (unpaired) electrons. The number of para-hydroxylation sites is 1. The van der Waals surface area contributed by atoms with Crippen LogP contribution in [0.1, 0.15) is 31.7 Å². The maximum Gasteiger partial charge on any atom is 0.238 e. The molecule has 0 bridgehead atoms. The van der Waals surface area contributed by atoms with Crippen LogP contribution in [-0.2, 0) is 16.1 Å². The van der Waals surface area contributed by atoms with Crippen LogP contribution in [-0.4, -0.2) is 42.0 Å². The van der Waals surface area contributed by atoms with E-state index in [1.54, 1.807) is 0 Å². The molecule has 1 aromatic rings. The predicted octanol–water partition coefficient (Wildman–Crippen LogP) is 3.22. The summed E-state index contributed by atoms with van der Waals surface area (Å²) in [5, 5.41) is 0. The average molecular weight is 338 g/mol. The number of amides is 1. The first-order valence-electron chi connectivity index (χ1n) is 8.42. The standard InChI is InChI=1S/C18H24ClNO3/c1-2-22-16-6-4-3-5-14(16)12-20(17(21)11-19)15-9-10-23-18(15)13-7-8-13/h3-6,13,15,18H,2,7-12H2,1H3/t15-,18+/m1/s1. The molecular formula is C18H24ClNO3. The molecular weight excluding hydrogens is 314 g/mol. The van der Waals surface area contributed by atoms with Gasteiger partial charge in [-0.2, -0.15) is 0 Å². The summed E-state index contributed by atoms with van der Waals surface area (Å²) in [5.41, 5.74) is 1.02. The summed E-state index contributed by atoms with van der Waals surface area (Å²) in [6.45, 7) is 3.83. The van der Waals surface area contributed by atoms with Gasteiger partial charge in [-0.25, -0.2) is 0 Å². The van der Waals surface area contributed by atoms with Crippen molar-refractivity contribution in [2.45, 2.75) is 44.9 Å². The Balaban J connectivity index is 1.81. The van der Waals surface area contributed by atoms with Crippen molar-refractivity contribution in [3.8, 4) is 5.75 Å². The number of carbonyl (C=O) groups excluding carboxylic acids is 1. The number of benzene rings is 1. The highest BCUT2D eigenvalue weighted by Gasteiger charge is 2.44. The van der Waals surface area contributed by atoms with Crippen LogP contribution in [0.4, 0.5) is 0 Å². The monoisotopic (exact) mass is 337 g/mol. The van der Waals surface area contributed by atoms with Crippen LogP contribution in [0.2, 0.25) is 0 Å². The van der Waals surface area contributed by atoms with Gasteiger partial charge in [-0.3, -0.25) is 4.79 Å². The minimum Gasteiger partial charge on any atom is -0.494 e. The third-order valence-corrected chi connectivity index (χ3v) is 4.87. The van der Waals surface area contributed by atoms with Gasteiger partial charge in [0.05, 0.1) is 18.8 Å². The van der Waals surface area contributed by atoms with Crippen molar-refractivity contribution in [2.24, 2.45) is 5.92 Å². The van der Waals surface area contributed by atoms with Gasteiger partial charge in [-0.1, -0.05) is 18.2 Å². The Morgan fingerprint density at radius 2 is 2.13 bits per heavy atom. The molecule has 23 heavy (non-hydrogen) atoms. The molecule has 0 N–H and O–H groups in total. The van der Waals surface area contributed by atoms with E-state index in [0.29, 0.717) is 19.1 Å². The summed E-state index contributed by atoms with van der Waals surface area (Å²) in [6.07, 6.45) is 3.47. The molecule has 3 rings (SSSR count). The molecule has 0 spiro atoms. The molecule has 126 valence electrons. The number of hydrogen-bond acceptors (Lipinski definition) is 3. The lowest BCUT2D eigenvalue weighted by Gasteiger charge is -2.32. The highest BCUT2D eigenvalue weighted by atomic mass is 35.5. The topological polar surface area (TPSA) is 38.8 Å². The van der Waals surface area contributed by atoms with Crippen molar-refractivity contribution < 1.29 is 14.3 Å². The van der Waals surface area contributed by atoms with Crippen molar-refractivity contribution in [3.63, 3.8) is 0 Å². The van der Waals surface area contributed by atoms with Crippen molar-refractivity contribution >= 4 is 17.5 Å². The third-order valence-electron chi connectivity index (χ3n) is 4.64. The minimum absolute atomic E-state index is 0.00465. The number of ether oxygens (including phenoxy) is 2. The number of halogens is 1. The second-order valence-electron chi connectivity index (χ2n) is 6.22. The average Bonchev–Trinajstić information content (AvgIpc) is 3.31. The van der Waals surface area contributed by atoms with Crippen LogP contribution < -0.4 is 4.74 Å². The summed E-state index contributed by atoms with van der Waals surface area (Å²) in [5.74, 6) is 1.42. The Labute approximate surface area is 142 Å². The molecule has 0 unspecified atom stereocenters. The van der Waals surface area contributed by atoms with E-state index in [-0.39, 0.29) is 23.9 Å². The molecule has 1 aliphatic heterocycles. The van der Waals surface area contributed by atoms with Crippen LogP contribution in [0.3, 0.4) is 0 Å². The van der Waals surface area contributed by atoms with E-state index in [1.165, 1.54) is 12.8 Å². The second-order valence-corrected chi connectivity index (χ2v) is 6.49. The van der Waals surface area contributed by atoms with Crippen LogP contribution in [0.5, 0.6) is 5.75 Å². The van der Waals surface area contributed by atoms with E-state index in [4.69, 9.17) is 21.1 Å². The van der Waals surface area contributed by atoms with E-state index < -0.39 is 0 Å². The smallest absolute Gasteiger partial charge is 0.238 e. The molecule has 1 aromatic carbocycles. The van der Waals surface area contributed by atoms with Crippen molar-refractivity contribution in [1.29, 1.82) is 0 Å². The van der Waals surface area contributed by atoms with Crippen LogP contribution in [0.15, 0.2) is 24.3 Å². The number of hydrogen-bond donors (Lipinski definition) is 0. The Morgan fingerprint density at radius 1 is 1.35 bits per heavy atom. The first kappa shape index (κ1) is 16.6. The number of alkyl halides is 1. The fourth-order valence-corrected chi connectivity index (χ4v) is 3.54. The number of rotatable bonds is 7. The van der Waals surface area contributed by atoms with Gasteiger partial charge in [0, 0.05) is 18.7 Å². The Bertz CT molecular complexity index is 547. The largest absolute Gasteiger partial charge is 0.494 e. The van der Waals surface area contributed by atoms with Gasteiger partial charge >= 0.3 is 0 Å². The van der Waals surface area contributed by atoms with Crippen LogP contribution in [0, 0.1) is 5.92 Å². The Kier molecular flexibility index (Phi) is 5.44. The van der Waals surface area contributed by atoms with E-state index in [0.717, 1.165) is 24.3 Å². The molecule has 2 aliphatic rings. The first-order chi connectivity index (χ1) is 11.2. The molecule has 1 aliphatic carbocycles. The Morgan fingerprint density at radius 3 is 2.83 bits per heavy atom. The molecule has 1 amide bonds. The van der Waals surface area contributed by atoms with Gasteiger partial charge in [0.1, 0.15) is 11.6 Å². The third kappa shape index (κ3) is 3.81. The molecule has 2 fully saturated rings. The van der Waals surface area contributed by atoms with Gasteiger partial charge in [-0.05, 0) is 38.2 Å². The fourth-order valence-electron chi connectivity index (χ4n) is 3.39. The summed E-state index contributed by atoms with van der Waals surface area (Å²) >= 11 is 5.87. The van der Waals surface area contributed by atoms with Gasteiger partial charge in [0.25, 0.3) is 0 Å². The second kappa shape index (κ2) is 7.54. The molecule has 1 heterocycles. The summed E-state index contributed by atoms with van der Waals surface area (Å²) < 4.78 is 11.6. The summed E-state index contributed by atoms with van der Waals surface area (Å²) in [7, 11) is 0. The van der Waals surface area contributed by atoms with E-state index in [2.05, 4.69) is 0 Å². The number of carbonyl (C=O) groups is 1. The van der Waals surface area contributed by atoms with Gasteiger partial charge < -0.3 is 14.4 Å². The quantitative estimate of drug-likeness (QED) is 0.717. The molecule has 5 heteroatoms. The zero-order valence-corrected chi connectivity index (χ0v) is 14.3. The summed E-state index contributed by atoms with van der Waals surface area (Å²) in [6, 6.07) is 8.02. The lowest BCUT2D eigenvalue weighted by atomic mass is 10.0. The van der Waals surface area contributed by atoms with E-state index >= 15 is 0 Å². The SMILES string of the molecule is CCOc1ccccc1CN(C(=O)CCl)[C@@H]1CCO[C@H]1C1CC1. The lowest BCUT2D eigenvalue weighted by molar-refractivity contribution is -0.133. The van der Waals surface area contributed by atoms with Crippen molar-refractivity contribution in [3.05, 3.63) is 29.8 Å². The molecule has 4 nitrogen and oxygen atoms in total. The van der Waals surface area contributed by atoms with Gasteiger partial charge in [0.15, 0.2) is 0 Å². The Hall–Kier alpha value is -1.26. The van der Waals surface area contributed by atoms with E-state index in [9.17, 15) is 4.79 Å². The zero-order chi connectivity index (χ0) is 16.2.